The summed E-state index contributed by atoms with van der Waals surface area (Å²) in [5, 5.41) is 8.21. The van der Waals surface area contributed by atoms with Gasteiger partial charge in [-0.3, -0.25) is 0 Å². The number of benzene rings is 1. The third-order valence-electron chi connectivity index (χ3n) is 2.63. The Morgan fingerprint density at radius 1 is 1.39 bits per heavy atom. The third kappa shape index (κ3) is 2.37. The van der Waals surface area contributed by atoms with Gasteiger partial charge in [-0.15, -0.1) is 10.2 Å². The molecule has 0 atom stereocenters. The van der Waals surface area contributed by atoms with Crippen molar-refractivity contribution in [2.24, 2.45) is 5.73 Å². The predicted molar refractivity (Wildman–Crippen MR) is 68.6 cm³/mol. The SMILES string of the molecule is CCCn1c(CN)nnc1-c1ccc(F)c(Cl)c1. The van der Waals surface area contributed by atoms with Crippen molar-refractivity contribution in [1.82, 2.24) is 14.8 Å². The zero-order valence-corrected chi connectivity index (χ0v) is 10.8. The molecular weight excluding hydrogens is 255 g/mol. The molecular formula is C12H14ClFN4. The molecule has 2 N–H and O–H groups in total. The van der Waals surface area contributed by atoms with Crippen molar-refractivity contribution in [1.29, 1.82) is 0 Å². The van der Waals surface area contributed by atoms with E-state index in [0.29, 0.717) is 18.2 Å². The van der Waals surface area contributed by atoms with E-state index in [0.717, 1.165) is 18.5 Å². The molecule has 1 aromatic carbocycles. The largest absolute Gasteiger partial charge is 0.324 e. The van der Waals surface area contributed by atoms with Crippen LogP contribution in [0.2, 0.25) is 5.02 Å². The van der Waals surface area contributed by atoms with Crippen LogP contribution in [0.25, 0.3) is 11.4 Å². The summed E-state index contributed by atoms with van der Waals surface area (Å²) in [6.45, 7) is 3.15. The molecule has 6 heteroatoms. The first-order valence-corrected chi connectivity index (χ1v) is 6.12. The van der Waals surface area contributed by atoms with Gasteiger partial charge in [-0.1, -0.05) is 18.5 Å². The zero-order chi connectivity index (χ0) is 13.1. The smallest absolute Gasteiger partial charge is 0.164 e. The van der Waals surface area contributed by atoms with Crippen molar-refractivity contribution in [3.05, 3.63) is 34.9 Å². The van der Waals surface area contributed by atoms with Crippen LogP contribution in [0.15, 0.2) is 18.2 Å². The maximum absolute atomic E-state index is 13.1. The highest BCUT2D eigenvalue weighted by atomic mass is 35.5. The van der Waals surface area contributed by atoms with E-state index in [1.165, 1.54) is 6.07 Å². The number of nitrogens with zero attached hydrogens (tertiary/aromatic N) is 3. The zero-order valence-electron chi connectivity index (χ0n) is 10.0. The average Bonchev–Trinajstić information content (AvgIpc) is 2.76. The number of hydrogen-bond donors (Lipinski definition) is 1. The minimum atomic E-state index is -0.443. The molecule has 2 rings (SSSR count). The van der Waals surface area contributed by atoms with Gasteiger partial charge < -0.3 is 10.3 Å². The van der Waals surface area contributed by atoms with Crippen LogP contribution in [-0.4, -0.2) is 14.8 Å². The molecule has 0 amide bonds. The predicted octanol–water partition coefficient (Wildman–Crippen LogP) is 2.61. The molecule has 2 aromatic rings. The fourth-order valence-corrected chi connectivity index (χ4v) is 1.97. The Labute approximate surface area is 110 Å². The van der Waals surface area contributed by atoms with Gasteiger partial charge in [0.1, 0.15) is 11.6 Å². The van der Waals surface area contributed by atoms with E-state index in [1.54, 1.807) is 12.1 Å². The summed E-state index contributed by atoms with van der Waals surface area (Å²) in [6, 6.07) is 4.51. The summed E-state index contributed by atoms with van der Waals surface area (Å²) in [7, 11) is 0. The highest BCUT2D eigenvalue weighted by molar-refractivity contribution is 6.31. The van der Waals surface area contributed by atoms with Crippen LogP contribution in [-0.2, 0) is 13.1 Å². The highest BCUT2D eigenvalue weighted by Crippen LogP contribution is 2.24. The molecule has 0 bridgehead atoms. The second-order valence-corrected chi connectivity index (χ2v) is 4.33. The lowest BCUT2D eigenvalue weighted by Crippen LogP contribution is -2.09. The first-order valence-electron chi connectivity index (χ1n) is 5.75. The molecule has 18 heavy (non-hydrogen) atoms. The minimum absolute atomic E-state index is 0.0767. The third-order valence-corrected chi connectivity index (χ3v) is 2.92. The first kappa shape index (κ1) is 13.0. The molecule has 1 heterocycles. The normalized spacial score (nSPS) is 10.9. The quantitative estimate of drug-likeness (QED) is 0.927. The summed E-state index contributed by atoms with van der Waals surface area (Å²) in [5.41, 5.74) is 6.35. The van der Waals surface area contributed by atoms with Gasteiger partial charge in [0.15, 0.2) is 5.82 Å². The number of hydrogen-bond acceptors (Lipinski definition) is 3. The molecule has 0 aliphatic rings. The van der Waals surface area contributed by atoms with Crippen molar-refractivity contribution < 1.29 is 4.39 Å². The number of aromatic nitrogens is 3. The van der Waals surface area contributed by atoms with Crippen molar-refractivity contribution in [3.63, 3.8) is 0 Å². The number of rotatable bonds is 4. The monoisotopic (exact) mass is 268 g/mol. The molecule has 0 aliphatic heterocycles. The van der Waals surface area contributed by atoms with Crippen molar-refractivity contribution in [2.45, 2.75) is 26.4 Å². The van der Waals surface area contributed by atoms with E-state index in [2.05, 4.69) is 17.1 Å². The summed E-state index contributed by atoms with van der Waals surface area (Å²) < 4.78 is 15.1. The molecule has 0 saturated heterocycles. The molecule has 0 unspecified atom stereocenters. The van der Waals surface area contributed by atoms with Crippen LogP contribution in [0, 0.1) is 5.82 Å². The van der Waals surface area contributed by atoms with E-state index < -0.39 is 5.82 Å². The van der Waals surface area contributed by atoms with Crippen molar-refractivity contribution >= 4 is 11.6 Å². The second kappa shape index (κ2) is 5.46. The molecule has 0 aliphatic carbocycles. The average molecular weight is 269 g/mol. The van der Waals surface area contributed by atoms with E-state index in [9.17, 15) is 4.39 Å². The van der Waals surface area contributed by atoms with Crippen LogP contribution in [0.3, 0.4) is 0 Å². The molecule has 4 nitrogen and oxygen atoms in total. The maximum Gasteiger partial charge on any atom is 0.164 e. The van der Waals surface area contributed by atoms with E-state index in [1.807, 2.05) is 4.57 Å². The lowest BCUT2D eigenvalue weighted by atomic mass is 10.2. The van der Waals surface area contributed by atoms with Gasteiger partial charge in [0.05, 0.1) is 11.6 Å². The van der Waals surface area contributed by atoms with Crippen LogP contribution in [0.1, 0.15) is 19.2 Å². The molecule has 0 fully saturated rings. The number of nitrogens with two attached hydrogens (primary N) is 1. The minimum Gasteiger partial charge on any atom is -0.324 e. The Bertz CT molecular complexity index is 553. The Morgan fingerprint density at radius 3 is 2.78 bits per heavy atom. The van der Waals surface area contributed by atoms with Crippen LogP contribution < -0.4 is 5.73 Å². The Morgan fingerprint density at radius 2 is 2.17 bits per heavy atom. The fourth-order valence-electron chi connectivity index (χ4n) is 1.79. The van der Waals surface area contributed by atoms with E-state index in [-0.39, 0.29) is 5.02 Å². The van der Waals surface area contributed by atoms with Gasteiger partial charge in [-0.05, 0) is 24.6 Å². The highest BCUT2D eigenvalue weighted by Gasteiger charge is 2.13. The summed E-state index contributed by atoms with van der Waals surface area (Å²) in [4.78, 5) is 0. The second-order valence-electron chi connectivity index (χ2n) is 3.92. The van der Waals surface area contributed by atoms with Gasteiger partial charge in [0.2, 0.25) is 0 Å². The fraction of sp³-hybridized carbons (Fsp3) is 0.333. The summed E-state index contributed by atoms with van der Waals surface area (Å²) >= 11 is 5.78. The van der Waals surface area contributed by atoms with Gasteiger partial charge >= 0.3 is 0 Å². The van der Waals surface area contributed by atoms with Gasteiger partial charge in [-0.25, -0.2) is 4.39 Å². The van der Waals surface area contributed by atoms with Crippen molar-refractivity contribution in [2.75, 3.05) is 0 Å². The van der Waals surface area contributed by atoms with Crippen molar-refractivity contribution in [3.8, 4) is 11.4 Å². The van der Waals surface area contributed by atoms with Gasteiger partial charge in [0.25, 0.3) is 0 Å². The molecule has 0 saturated carbocycles. The Kier molecular flexibility index (Phi) is 3.93. The first-order chi connectivity index (χ1) is 8.67. The standard InChI is InChI=1S/C12H14ClFN4/c1-2-5-18-11(7-15)16-17-12(18)8-3-4-10(14)9(13)6-8/h3-4,6H,2,5,7,15H2,1H3. The maximum atomic E-state index is 13.1. The topological polar surface area (TPSA) is 56.7 Å². The van der Waals surface area contributed by atoms with Crippen LogP contribution >= 0.6 is 11.6 Å². The molecule has 0 radical (unpaired) electrons. The van der Waals surface area contributed by atoms with E-state index in [4.69, 9.17) is 17.3 Å². The Balaban J connectivity index is 2.49. The molecule has 96 valence electrons. The summed E-state index contributed by atoms with van der Waals surface area (Å²) in [5.74, 6) is 0.938. The van der Waals surface area contributed by atoms with Crippen LogP contribution in [0.4, 0.5) is 4.39 Å². The van der Waals surface area contributed by atoms with E-state index >= 15 is 0 Å². The van der Waals surface area contributed by atoms with Crippen LogP contribution in [0.5, 0.6) is 0 Å². The van der Waals surface area contributed by atoms with Gasteiger partial charge in [0, 0.05) is 12.1 Å². The lowest BCUT2D eigenvalue weighted by molar-refractivity contribution is 0.627. The lowest BCUT2D eigenvalue weighted by Gasteiger charge is -2.08. The molecule has 1 aromatic heterocycles. The Hall–Kier alpha value is -1.46. The number of halogens is 2. The molecule has 0 spiro atoms. The summed E-state index contributed by atoms with van der Waals surface area (Å²) in [6.07, 6.45) is 0.937. The van der Waals surface area contributed by atoms with Gasteiger partial charge in [-0.2, -0.15) is 0 Å².